The predicted molar refractivity (Wildman–Crippen MR) is 115 cm³/mol. The molecule has 4 rings (SSSR count). The molecule has 0 unspecified atom stereocenters. The number of fused-ring (bicyclic) bond motifs is 2. The van der Waals surface area contributed by atoms with Crippen molar-refractivity contribution in [3.05, 3.63) is 58.7 Å². The van der Waals surface area contributed by atoms with Crippen LogP contribution in [0.2, 0.25) is 0 Å². The zero-order valence-corrected chi connectivity index (χ0v) is 17.8. The molecule has 0 saturated carbocycles. The minimum atomic E-state index is -0.387. The molecule has 0 aliphatic carbocycles. The first-order chi connectivity index (χ1) is 14.4. The second-order valence-corrected chi connectivity index (χ2v) is 8.09. The van der Waals surface area contributed by atoms with Crippen LogP contribution in [-0.2, 0) is 21.6 Å². The number of piperidine rings is 1. The second-order valence-electron chi connectivity index (χ2n) is 8.09. The number of nitrogens with one attached hydrogen (secondary N) is 1. The molecule has 1 saturated heterocycles. The van der Waals surface area contributed by atoms with Crippen molar-refractivity contribution in [2.24, 2.45) is 0 Å². The normalized spacial score (nSPS) is 17.4. The predicted octanol–water partition coefficient (Wildman–Crippen LogP) is 3.67. The van der Waals surface area contributed by atoms with Crippen molar-refractivity contribution in [3.8, 4) is 5.75 Å². The molecule has 0 atom stereocenters. The van der Waals surface area contributed by atoms with Gasteiger partial charge in [0.1, 0.15) is 11.4 Å². The summed E-state index contributed by atoms with van der Waals surface area (Å²) in [4.78, 5) is 26.3. The van der Waals surface area contributed by atoms with Gasteiger partial charge in [-0.25, -0.2) is 0 Å². The van der Waals surface area contributed by atoms with Gasteiger partial charge in [-0.3, -0.25) is 9.59 Å². The van der Waals surface area contributed by atoms with E-state index in [1.54, 1.807) is 19.2 Å². The minimum absolute atomic E-state index is 0.0124. The number of ether oxygens (including phenoxy) is 2. The van der Waals surface area contributed by atoms with Crippen LogP contribution in [-0.4, -0.2) is 43.5 Å². The Bertz CT molecular complexity index is 963. The number of nitrogens with zero attached hydrogens (tertiary/aromatic N) is 1. The fraction of sp³-hybridized carbons (Fsp3) is 0.417. The first-order valence-corrected chi connectivity index (χ1v) is 10.4. The van der Waals surface area contributed by atoms with E-state index in [0.717, 1.165) is 41.8 Å². The molecule has 30 heavy (non-hydrogen) atoms. The maximum absolute atomic E-state index is 13.1. The van der Waals surface area contributed by atoms with Crippen molar-refractivity contribution in [2.75, 3.05) is 32.1 Å². The number of carbonyl (C=O) groups excluding carboxylic acids is 2. The summed E-state index contributed by atoms with van der Waals surface area (Å²) < 4.78 is 12.0. The minimum Gasteiger partial charge on any atom is -0.496 e. The van der Waals surface area contributed by atoms with Gasteiger partial charge in [0.25, 0.3) is 5.91 Å². The summed E-state index contributed by atoms with van der Waals surface area (Å²) in [5.74, 6) is 0.760. The molecule has 1 fully saturated rings. The number of anilines is 1. The number of hydrogen-bond acceptors (Lipinski definition) is 4. The third-order valence-electron chi connectivity index (χ3n) is 6.18. The molecule has 0 aromatic heterocycles. The van der Waals surface area contributed by atoms with Crippen molar-refractivity contribution in [3.63, 3.8) is 0 Å². The smallest absolute Gasteiger partial charge is 0.253 e. The highest BCUT2D eigenvalue weighted by molar-refractivity contribution is 5.96. The average Bonchev–Trinajstić information content (AvgIpc) is 2.75. The van der Waals surface area contributed by atoms with Gasteiger partial charge in [0.15, 0.2) is 0 Å². The zero-order chi connectivity index (χ0) is 21.3. The van der Waals surface area contributed by atoms with Gasteiger partial charge in [0.05, 0.1) is 13.7 Å². The summed E-state index contributed by atoms with van der Waals surface area (Å²) in [6.07, 6.45) is 2.38. The number of amides is 2. The topological polar surface area (TPSA) is 67.9 Å². The maximum Gasteiger partial charge on any atom is 0.253 e. The van der Waals surface area contributed by atoms with Crippen molar-refractivity contribution < 1.29 is 19.1 Å². The van der Waals surface area contributed by atoms with Crippen LogP contribution in [0.4, 0.5) is 5.69 Å². The molecule has 1 spiro atoms. The van der Waals surface area contributed by atoms with E-state index in [0.29, 0.717) is 25.3 Å². The lowest BCUT2D eigenvalue weighted by molar-refractivity contribution is -0.114. The van der Waals surface area contributed by atoms with Crippen LogP contribution >= 0.6 is 0 Å². The van der Waals surface area contributed by atoms with Gasteiger partial charge in [-0.2, -0.15) is 0 Å². The molecule has 6 heteroatoms. The van der Waals surface area contributed by atoms with E-state index in [-0.39, 0.29) is 17.4 Å². The molecule has 2 aliphatic heterocycles. The largest absolute Gasteiger partial charge is 0.496 e. The molecule has 0 bridgehead atoms. The first kappa shape index (κ1) is 20.4. The summed E-state index contributed by atoms with van der Waals surface area (Å²) in [5.41, 5.74) is 4.29. The molecule has 2 aromatic rings. The lowest BCUT2D eigenvalue weighted by atomic mass is 9.78. The molecule has 1 N–H and O–H groups in total. The molecule has 2 amide bonds. The fourth-order valence-electron chi connectivity index (χ4n) is 4.68. The Morgan fingerprint density at radius 1 is 1.17 bits per heavy atom. The van der Waals surface area contributed by atoms with Gasteiger partial charge in [-0.15, -0.1) is 0 Å². The number of aryl methyl sites for hydroxylation is 1. The highest BCUT2D eigenvalue weighted by atomic mass is 16.5. The Kier molecular flexibility index (Phi) is 5.52. The molecular formula is C24H28N2O4. The third-order valence-corrected chi connectivity index (χ3v) is 6.18. The highest BCUT2D eigenvalue weighted by Crippen LogP contribution is 2.45. The van der Waals surface area contributed by atoms with Crippen LogP contribution in [0.1, 0.15) is 46.8 Å². The van der Waals surface area contributed by atoms with Gasteiger partial charge < -0.3 is 19.7 Å². The lowest BCUT2D eigenvalue weighted by Gasteiger charge is -2.45. The summed E-state index contributed by atoms with van der Waals surface area (Å²) >= 11 is 0. The number of likely N-dealkylation sites (tertiary alicyclic amines) is 1. The van der Waals surface area contributed by atoms with Crippen molar-refractivity contribution in [1.82, 2.24) is 4.90 Å². The van der Waals surface area contributed by atoms with E-state index in [2.05, 4.69) is 11.4 Å². The third kappa shape index (κ3) is 3.67. The quantitative estimate of drug-likeness (QED) is 0.842. The summed E-state index contributed by atoms with van der Waals surface area (Å²) in [7, 11) is 1.70. The van der Waals surface area contributed by atoms with Gasteiger partial charge in [0, 0.05) is 36.8 Å². The first-order valence-electron chi connectivity index (χ1n) is 10.4. The summed E-state index contributed by atoms with van der Waals surface area (Å²) in [6, 6.07) is 11.6. The fourth-order valence-corrected chi connectivity index (χ4v) is 4.68. The molecule has 0 radical (unpaired) electrons. The monoisotopic (exact) mass is 408 g/mol. The van der Waals surface area contributed by atoms with Crippen LogP contribution in [0, 0.1) is 6.92 Å². The van der Waals surface area contributed by atoms with Gasteiger partial charge in [-0.1, -0.05) is 12.1 Å². The molecule has 6 nitrogen and oxygen atoms in total. The number of carbonyl (C=O) groups is 2. The average molecular weight is 408 g/mol. The van der Waals surface area contributed by atoms with Crippen LogP contribution in [0.25, 0.3) is 0 Å². The highest BCUT2D eigenvalue weighted by Gasteiger charge is 2.43. The van der Waals surface area contributed by atoms with E-state index in [1.807, 2.05) is 30.0 Å². The molecule has 2 heterocycles. The molecular weight excluding hydrogens is 380 g/mol. The molecule has 2 aliphatic rings. The van der Waals surface area contributed by atoms with Gasteiger partial charge in [0.2, 0.25) is 5.91 Å². The van der Waals surface area contributed by atoms with Crippen molar-refractivity contribution in [1.29, 1.82) is 0 Å². The molecule has 2 aromatic carbocycles. The molecule has 158 valence electrons. The van der Waals surface area contributed by atoms with E-state index in [9.17, 15) is 9.59 Å². The lowest BCUT2D eigenvalue weighted by Crippen LogP contribution is -2.48. The van der Waals surface area contributed by atoms with Crippen LogP contribution in [0.5, 0.6) is 5.75 Å². The van der Waals surface area contributed by atoms with E-state index in [4.69, 9.17) is 9.47 Å². The van der Waals surface area contributed by atoms with Crippen LogP contribution < -0.4 is 10.1 Å². The standard InChI is InChI=1S/C24H28N2O4/c1-16-15-19(7-8-20(16)25-17(2)27)23(28)26-12-10-24(11-13-26)22-18(9-14-30-24)5-4-6-21(22)29-3/h4-8,15H,9-14H2,1-3H3,(H,25,27). The number of rotatable bonds is 3. The summed E-state index contributed by atoms with van der Waals surface area (Å²) in [6.45, 7) is 5.32. The van der Waals surface area contributed by atoms with Crippen LogP contribution in [0.15, 0.2) is 36.4 Å². The zero-order valence-electron chi connectivity index (χ0n) is 17.8. The number of methoxy groups -OCH3 is 1. The Balaban J connectivity index is 1.52. The Labute approximate surface area is 177 Å². The van der Waals surface area contributed by atoms with Crippen molar-refractivity contribution in [2.45, 2.75) is 38.7 Å². The Morgan fingerprint density at radius 3 is 2.60 bits per heavy atom. The van der Waals surface area contributed by atoms with E-state index < -0.39 is 0 Å². The second kappa shape index (κ2) is 8.11. The summed E-state index contributed by atoms with van der Waals surface area (Å²) in [5, 5.41) is 2.79. The SMILES string of the molecule is COc1cccc2c1C1(CCN(C(=O)c3ccc(NC(C)=O)c(C)c3)CC1)OCC2. The van der Waals surface area contributed by atoms with E-state index in [1.165, 1.54) is 12.5 Å². The number of benzene rings is 2. The van der Waals surface area contributed by atoms with Gasteiger partial charge >= 0.3 is 0 Å². The van der Waals surface area contributed by atoms with E-state index >= 15 is 0 Å². The Morgan fingerprint density at radius 2 is 1.93 bits per heavy atom. The van der Waals surface area contributed by atoms with Crippen LogP contribution in [0.3, 0.4) is 0 Å². The Hall–Kier alpha value is -2.86. The van der Waals surface area contributed by atoms with Gasteiger partial charge in [-0.05, 0) is 61.6 Å². The number of hydrogen-bond donors (Lipinski definition) is 1. The van der Waals surface area contributed by atoms with Crippen molar-refractivity contribution >= 4 is 17.5 Å². The maximum atomic E-state index is 13.1.